The van der Waals surface area contributed by atoms with Crippen LogP contribution < -0.4 is 4.90 Å². The summed E-state index contributed by atoms with van der Waals surface area (Å²) >= 11 is 0. The molecule has 27 aromatic rings. The quantitative estimate of drug-likeness (QED) is 0.141. The fourth-order valence-electron chi connectivity index (χ4n) is 22.7. The van der Waals surface area contributed by atoms with Crippen LogP contribution in [0.25, 0.3) is 241 Å². The number of anilines is 3. The minimum absolute atomic E-state index is 0.0196. The van der Waals surface area contributed by atoms with E-state index in [9.17, 15) is 0 Å². The van der Waals surface area contributed by atoms with Gasteiger partial charge in [-0.25, -0.2) is 19.9 Å². The van der Waals surface area contributed by atoms with E-state index in [0.717, 1.165) is 101 Å². The molecule has 0 N–H and O–H groups in total. The normalized spacial score (nSPS) is 12.9. The minimum atomic E-state index is -0.0454. The van der Waals surface area contributed by atoms with Crippen LogP contribution in [0, 0.1) is 0 Å². The van der Waals surface area contributed by atoms with Gasteiger partial charge in [-0.3, -0.25) is 0 Å². The molecule has 0 saturated carbocycles. The molecule has 646 valence electrons. The fraction of sp³-hybridized carbons (Fsp3) is 0.0455. The third-order valence-corrected chi connectivity index (χ3v) is 29.6. The molecule has 0 unspecified atom stereocenters. The van der Waals surface area contributed by atoms with E-state index in [1.54, 1.807) is 0 Å². The van der Waals surface area contributed by atoms with Gasteiger partial charge < -0.3 is 9.32 Å². The first-order chi connectivity index (χ1) is 67.9. The Balaban J connectivity index is 0.000000104. The van der Waals surface area contributed by atoms with Gasteiger partial charge in [0.2, 0.25) is 0 Å². The summed E-state index contributed by atoms with van der Waals surface area (Å²) in [5.74, 6) is 1.48. The first kappa shape index (κ1) is 80.1. The molecule has 0 fully saturated rings. The number of benzene rings is 24. The molecule has 2 aliphatic rings. The first-order valence-electron chi connectivity index (χ1n) is 47.7. The van der Waals surface area contributed by atoms with E-state index in [4.69, 9.17) is 24.4 Å². The van der Waals surface area contributed by atoms with Gasteiger partial charge in [0.05, 0.1) is 22.4 Å². The summed E-state index contributed by atoms with van der Waals surface area (Å²) in [6.45, 7) is 9.41. The molecule has 29 rings (SSSR count). The van der Waals surface area contributed by atoms with E-state index in [0.29, 0.717) is 0 Å². The van der Waals surface area contributed by atoms with Crippen LogP contribution in [-0.2, 0) is 10.8 Å². The lowest BCUT2D eigenvalue weighted by molar-refractivity contribution is 0.661. The Labute approximate surface area is 797 Å². The van der Waals surface area contributed by atoms with Crippen molar-refractivity contribution in [2.45, 2.75) is 38.5 Å². The number of rotatable bonds is 8. The first-order valence-corrected chi connectivity index (χ1v) is 47.7. The van der Waals surface area contributed by atoms with E-state index in [2.05, 4.69) is 475 Å². The molecule has 0 amide bonds. The zero-order valence-electron chi connectivity index (χ0n) is 76.4. The maximum atomic E-state index is 6.21. The van der Waals surface area contributed by atoms with Crippen LogP contribution in [0.5, 0.6) is 0 Å². The van der Waals surface area contributed by atoms with Crippen molar-refractivity contribution in [2.75, 3.05) is 4.90 Å². The van der Waals surface area contributed by atoms with E-state index < -0.39 is 0 Å². The number of aromatic nitrogens is 4. The van der Waals surface area contributed by atoms with Crippen molar-refractivity contribution in [3.05, 3.63) is 477 Å². The largest absolute Gasteiger partial charge is 0.456 e. The highest BCUT2D eigenvalue weighted by molar-refractivity contribution is 6.29. The molecule has 6 heteroatoms. The Morgan fingerprint density at radius 1 is 0.188 bits per heavy atom. The van der Waals surface area contributed by atoms with Crippen LogP contribution in [0.2, 0.25) is 0 Å². The zero-order valence-corrected chi connectivity index (χ0v) is 76.4. The van der Waals surface area contributed by atoms with Crippen molar-refractivity contribution in [1.82, 2.24) is 19.9 Å². The lowest BCUT2D eigenvalue weighted by atomic mass is 9.81. The molecule has 3 aromatic heterocycles. The molecular formula is C132H87N5O. The SMILES string of the molecule is CC1(C)c2ccccc2-c2cc3c(ccc4ccc5cc(-c6nc(-c7ccc8ccccc8c7)c7ccccc7n6)ccc5c43)cc21.CC1(C)c2ccccc2-c2cc3ccc4ccc5cc(-c6nc(-c7ccc8ccccc8c7)c7ccccc7n6)ccc5c4c3cc21.c1ccc(-c2ccc(N(c3ccccc3)c3ccc4c(ccc5ccc6c(ccc7oc8ccccc8c76)c54)c3)cc2)cc1. The highest BCUT2D eigenvalue weighted by Gasteiger charge is 2.38. The maximum absolute atomic E-state index is 6.21. The Bertz CT molecular complexity index is 9800. The van der Waals surface area contributed by atoms with Gasteiger partial charge >= 0.3 is 0 Å². The summed E-state index contributed by atoms with van der Waals surface area (Å²) in [4.78, 5) is 23.0. The smallest absolute Gasteiger partial charge is 0.160 e. The van der Waals surface area contributed by atoms with E-state index in [1.165, 1.54) is 180 Å². The summed E-state index contributed by atoms with van der Waals surface area (Å²) in [7, 11) is 0. The highest BCUT2D eigenvalue weighted by Crippen LogP contribution is 2.54. The van der Waals surface area contributed by atoms with Crippen molar-refractivity contribution in [2.24, 2.45) is 0 Å². The summed E-state index contributed by atoms with van der Waals surface area (Å²) < 4.78 is 6.21. The molecule has 2 aliphatic carbocycles. The number of furan rings is 1. The fourth-order valence-corrected chi connectivity index (χ4v) is 22.7. The van der Waals surface area contributed by atoms with Crippen molar-refractivity contribution in [3.63, 3.8) is 0 Å². The van der Waals surface area contributed by atoms with Gasteiger partial charge in [0.25, 0.3) is 0 Å². The standard InChI is InChI=1S/2C45H30N2.C42H27NO/c1-45(2)39-13-7-5-11-35(39)38-26-37-31(25-40(38)45)19-17-28-16-18-30-24-33(21-22-34(30)42(28)37)44-46-41-14-8-6-12-36(41)43(47-44)32-20-15-27-9-3-4-10-29(27)23-32;1-45(2)39-13-7-5-11-35(39)38-25-31-19-17-28-16-18-30-24-33(21-22-34(30)42(28)37(31)26-40(38)45)44-46-41-14-8-6-12-36(41)43(47-44)32-20-15-27-9-3-4-10-29(27)23-32;1-3-9-28(10-4-1)29-17-20-33(21-18-29)43(32-11-5-2-6-12-32)34-22-24-35-31(27-34)16-15-30-19-23-37-36(41(30)35)25-26-40-42(37)38-13-7-8-14-39(38)44-40/h2*3-26H,1-2H3;1-27H. The van der Waals surface area contributed by atoms with Gasteiger partial charge in [0, 0.05) is 71.7 Å². The van der Waals surface area contributed by atoms with E-state index >= 15 is 0 Å². The van der Waals surface area contributed by atoms with Gasteiger partial charge in [-0.2, -0.15) is 0 Å². The van der Waals surface area contributed by atoms with Crippen molar-refractivity contribution >= 4 is 179 Å². The molecule has 0 radical (unpaired) electrons. The third-order valence-electron chi connectivity index (χ3n) is 29.6. The Hall–Kier alpha value is -17.6. The number of para-hydroxylation sites is 4. The lowest BCUT2D eigenvalue weighted by Gasteiger charge is -2.26. The second-order valence-corrected chi connectivity index (χ2v) is 38.2. The summed E-state index contributed by atoms with van der Waals surface area (Å²) in [5.41, 5.74) is 26.7. The van der Waals surface area contributed by atoms with Crippen LogP contribution in [0.4, 0.5) is 17.1 Å². The molecule has 3 heterocycles. The molecule has 0 bridgehead atoms. The number of hydrogen-bond donors (Lipinski definition) is 0. The van der Waals surface area contributed by atoms with Crippen LogP contribution in [0.3, 0.4) is 0 Å². The van der Waals surface area contributed by atoms with Gasteiger partial charge in [0.1, 0.15) is 11.2 Å². The second kappa shape index (κ2) is 31.5. The number of hydrogen-bond acceptors (Lipinski definition) is 6. The Morgan fingerprint density at radius 2 is 0.558 bits per heavy atom. The second-order valence-electron chi connectivity index (χ2n) is 38.2. The molecule has 0 saturated heterocycles. The van der Waals surface area contributed by atoms with E-state index in [-0.39, 0.29) is 10.8 Å². The Kier molecular flexibility index (Phi) is 18.3. The Morgan fingerprint density at radius 3 is 1.14 bits per heavy atom. The topological polar surface area (TPSA) is 67.9 Å². The maximum Gasteiger partial charge on any atom is 0.160 e. The summed E-state index contributed by atoms with van der Waals surface area (Å²) in [5, 5.41) is 31.9. The molecule has 6 nitrogen and oxygen atoms in total. The molecule has 0 aliphatic heterocycles. The van der Waals surface area contributed by atoms with Crippen LogP contribution in [0.15, 0.2) is 459 Å². The number of fused-ring (bicyclic) bond motifs is 29. The predicted molar refractivity (Wildman–Crippen MR) is 582 cm³/mol. The average Bonchev–Trinajstić information content (AvgIpc) is 1.55. The minimum Gasteiger partial charge on any atom is -0.456 e. The predicted octanol–water partition coefficient (Wildman–Crippen LogP) is 35.9. The van der Waals surface area contributed by atoms with Crippen LogP contribution in [0.1, 0.15) is 49.9 Å². The van der Waals surface area contributed by atoms with Gasteiger partial charge in [0.15, 0.2) is 11.6 Å². The number of nitrogens with zero attached hydrogens (tertiary/aromatic N) is 5. The van der Waals surface area contributed by atoms with E-state index in [1.807, 2.05) is 12.1 Å². The van der Waals surface area contributed by atoms with Crippen molar-refractivity contribution < 1.29 is 4.42 Å². The zero-order chi connectivity index (χ0) is 91.6. The average molecular weight is 1760 g/mol. The van der Waals surface area contributed by atoms with Crippen molar-refractivity contribution in [3.8, 4) is 78.7 Å². The molecular weight excluding hydrogens is 1670 g/mol. The molecule has 0 spiro atoms. The van der Waals surface area contributed by atoms with Crippen molar-refractivity contribution in [1.29, 1.82) is 0 Å². The highest BCUT2D eigenvalue weighted by atomic mass is 16.3. The monoisotopic (exact) mass is 1760 g/mol. The van der Waals surface area contributed by atoms with Gasteiger partial charge in [-0.05, 0) is 289 Å². The molecule has 138 heavy (non-hydrogen) atoms. The summed E-state index contributed by atoms with van der Waals surface area (Å²) in [6, 6.07) is 164. The van der Waals surface area contributed by atoms with Gasteiger partial charge in [-0.1, -0.05) is 367 Å². The molecule has 24 aromatic carbocycles. The van der Waals surface area contributed by atoms with Crippen LogP contribution in [-0.4, -0.2) is 19.9 Å². The van der Waals surface area contributed by atoms with Gasteiger partial charge in [-0.15, -0.1) is 0 Å². The third kappa shape index (κ3) is 13.1. The lowest BCUT2D eigenvalue weighted by Crippen LogP contribution is -2.14. The van der Waals surface area contributed by atoms with Crippen LogP contribution >= 0.6 is 0 Å². The summed E-state index contributed by atoms with van der Waals surface area (Å²) in [6.07, 6.45) is 0. The molecule has 0 atom stereocenters.